The molecule has 0 radical (unpaired) electrons. The summed E-state index contributed by atoms with van der Waals surface area (Å²) in [5.41, 5.74) is 0. The molecule has 0 rings (SSSR count). The number of aliphatic hydroxyl groups excluding tert-OH is 1. The van der Waals surface area contributed by atoms with Crippen molar-refractivity contribution in [3.8, 4) is 0 Å². The van der Waals surface area contributed by atoms with Crippen molar-refractivity contribution >= 4 is 17.7 Å². The number of thioether (sulfide) groups is 1. The molecular formula is C4H8O3S. The summed E-state index contributed by atoms with van der Waals surface area (Å²) in [5.74, 6) is -1.02. The number of carboxylic acid groups (broad SMARTS) is 1. The maximum absolute atomic E-state index is 9.96. The van der Waals surface area contributed by atoms with Crippen LogP contribution in [0.2, 0.25) is 0 Å². The Kier molecular flexibility index (Phi) is 3.64. The van der Waals surface area contributed by atoms with E-state index in [9.17, 15) is 4.79 Å². The Bertz CT molecular complexity index is 83.4. The summed E-state index contributed by atoms with van der Waals surface area (Å²) in [6.07, 6.45) is 0. The van der Waals surface area contributed by atoms with Gasteiger partial charge < -0.3 is 10.2 Å². The summed E-state index contributed by atoms with van der Waals surface area (Å²) in [4.78, 5) is 9.96. The van der Waals surface area contributed by atoms with E-state index in [1.807, 2.05) is 0 Å². The van der Waals surface area contributed by atoms with Crippen molar-refractivity contribution in [3.63, 3.8) is 0 Å². The van der Waals surface area contributed by atoms with E-state index in [-0.39, 0.29) is 5.94 Å². The topological polar surface area (TPSA) is 57.5 Å². The predicted octanol–water partition coefficient (Wildman–Crippen LogP) is 0.142. The molecule has 0 aliphatic rings. The first-order chi connectivity index (χ1) is 3.68. The molecule has 2 N–H and O–H groups in total. The molecule has 0 aromatic carbocycles. The van der Waals surface area contributed by atoms with E-state index in [4.69, 9.17) is 10.2 Å². The SMILES string of the molecule is CC(SCO)C(=O)O. The fraction of sp³-hybridized carbons (Fsp3) is 0.750. The van der Waals surface area contributed by atoms with Crippen LogP contribution in [0.5, 0.6) is 0 Å². The molecule has 1 atom stereocenters. The van der Waals surface area contributed by atoms with Crippen LogP contribution < -0.4 is 0 Å². The van der Waals surface area contributed by atoms with Gasteiger partial charge in [0.25, 0.3) is 0 Å². The lowest BCUT2D eigenvalue weighted by Crippen LogP contribution is -2.11. The van der Waals surface area contributed by atoms with E-state index in [1.54, 1.807) is 0 Å². The lowest BCUT2D eigenvalue weighted by molar-refractivity contribution is -0.136. The van der Waals surface area contributed by atoms with Gasteiger partial charge in [-0.25, -0.2) is 0 Å². The second-order valence-corrected chi connectivity index (χ2v) is 2.57. The average Bonchev–Trinajstić information content (AvgIpc) is 1.67. The van der Waals surface area contributed by atoms with Crippen molar-refractivity contribution in [2.45, 2.75) is 12.2 Å². The molecule has 0 aliphatic heterocycles. The lowest BCUT2D eigenvalue weighted by atomic mass is 10.5. The maximum Gasteiger partial charge on any atom is 0.316 e. The van der Waals surface area contributed by atoms with Gasteiger partial charge in [0.05, 0.1) is 5.94 Å². The minimum Gasteiger partial charge on any atom is -0.480 e. The number of aliphatic hydroxyl groups is 1. The number of hydrogen-bond acceptors (Lipinski definition) is 3. The molecule has 0 heterocycles. The van der Waals surface area contributed by atoms with Gasteiger partial charge in [0, 0.05) is 0 Å². The second kappa shape index (κ2) is 3.74. The summed E-state index contributed by atoms with van der Waals surface area (Å²) in [5, 5.41) is 15.9. The van der Waals surface area contributed by atoms with Crippen molar-refractivity contribution in [2.75, 3.05) is 5.94 Å². The zero-order valence-corrected chi connectivity index (χ0v) is 5.31. The van der Waals surface area contributed by atoms with Crippen LogP contribution in [-0.4, -0.2) is 27.4 Å². The highest BCUT2D eigenvalue weighted by molar-refractivity contribution is 8.00. The van der Waals surface area contributed by atoms with Crippen LogP contribution >= 0.6 is 11.8 Å². The quantitative estimate of drug-likeness (QED) is 0.542. The van der Waals surface area contributed by atoms with Gasteiger partial charge in [-0.2, -0.15) is 0 Å². The highest BCUT2D eigenvalue weighted by atomic mass is 32.2. The highest BCUT2D eigenvalue weighted by Gasteiger charge is 2.08. The fourth-order valence-electron chi connectivity index (χ4n) is 0.183. The Morgan fingerprint density at radius 1 is 1.88 bits per heavy atom. The molecule has 4 heteroatoms. The Morgan fingerprint density at radius 3 is 2.50 bits per heavy atom. The van der Waals surface area contributed by atoms with Crippen LogP contribution in [0.1, 0.15) is 6.92 Å². The summed E-state index contributed by atoms with van der Waals surface area (Å²) >= 11 is 0.995. The molecule has 0 spiro atoms. The smallest absolute Gasteiger partial charge is 0.316 e. The van der Waals surface area contributed by atoms with Gasteiger partial charge >= 0.3 is 5.97 Å². The third-order valence-electron chi connectivity index (χ3n) is 0.672. The predicted molar refractivity (Wildman–Crippen MR) is 31.8 cm³/mol. The summed E-state index contributed by atoms with van der Waals surface area (Å²) < 4.78 is 0. The molecule has 0 saturated carbocycles. The molecule has 0 aromatic rings. The molecule has 0 fully saturated rings. The zero-order chi connectivity index (χ0) is 6.57. The molecule has 0 aromatic heterocycles. The van der Waals surface area contributed by atoms with Gasteiger partial charge in [0.15, 0.2) is 0 Å². The van der Waals surface area contributed by atoms with Crippen LogP contribution in [0.15, 0.2) is 0 Å². The fourth-order valence-corrected chi connectivity index (χ4v) is 0.549. The van der Waals surface area contributed by atoms with E-state index < -0.39 is 11.2 Å². The maximum atomic E-state index is 9.96. The second-order valence-electron chi connectivity index (χ2n) is 1.28. The summed E-state index contributed by atoms with van der Waals surface area (Å²) in [6, 6.07) is 0. The van der Waals surface area contributed by atoms with Crippen LogP contribution in [0.25, 0.3) is 0 Å². The highest BCUT2D eigenvalue weighted by Crippen LogP contribution is 2.06. The van der Waals surface area contributed by atoms with Crippen molar-refractivity contribution in [2.24, 2.45) is 0 Å². The Labute approximate surface area is 51.7 Å². The van der Waals surface area contributed by atoms with Crippen molar-refractivity contribution < 1.29 is 15.0 Å². The van der Waals surface area contributed by atoms with Gasteiger partial charge in [-0.05, 0) is 6.92 Å². The molecule has 0 aliphatic carbocycles. The molecular weight excluding hydrogens is 128 g/mol. The standard InChI is InChI=1S/C4H8O3S/c1-3(4(6)7)8-2-5/h3,5H,2H2,1H3,(H,6,7). The van der Waals surface area contributed by atoms with Gasteiger partial charge in [0.2, 0.25) is 0 Å². The van der Waals surface area contributed by atoms with Crippen molar-refractivity contribution in [1.29, 1.82) is 0 Å². The van der Waals surface area contributed by atoms with E-state index in [0.717, 1.165) is 11.8 Å². The van der Waals surface area contributed by atoms with Crippen molar-refractivity contribution in [3.05, 3.63) is 0 Å². The van der Waals surface area contributed by atoms with Crippen LogP contribution in [0.4, 0.5) is 0 Å². The minimum atomic E-state index is -0.885. The molecule has 48 valence electrons. The Morgan fingerprint density at radius 2 is 2.38 bits per heavy atom. The molecule has 0 bridgehead atoms. The third kappa shape index (κ3) is 2.87. The Hall–Kier alpha value is -0.220. The van der Waals surface area contributed by atoms with Crippen molar-refractivity contribution in [1.82, 2.24) is 0 Å². The molecule has 8 heavy (non-hydrogen) atoms. The molecule has 3 nitrogen and oxygen atoms in total. The minimum absolute atomic E-state index is 0.131. The van der Waals surface area contributed by atoms with Gasteiger partial charge in [-0.15, -0.1) is 11.8 Å². The van der Waals surface area contributed by atoms with Gasteiger partial charge in [0.1, 0.15) is 5.25 Å². The molecule has 0 amide bonds. The largest absolute Gasteiger partial charge is 0.480 e. The van der Waals surface area contributed by atoms with E-state index >= 15 is 0 Å². The normalized spacial score (nSPS) is 13.2. The lowest BCUT2D eigenvalue weighted by Gasteiger charge is -1.99. The number of rotatable bonds is 3. The average molecular weight is 136 g/mol. The number of carboxylic acids is 1. The van der Waals surface area contributed by atoms with Crippen LogP contribution in [0.3, 0.4) is 0 Å². The van der Waals surface area contributed by atoms with E-state index in [1.165, 1.54) is 6.92 Å². The first-order valence-corrected chi connectivity index (χ1v) is 3.18. The van der Waals surface area contributed by atoms with Crippen LogP contribution in [0, 0.1) is 0 Å². The van der Waals surface area contributed by atoms with Gasteiger partial charge in [-0.3, -0.25) is 4.79 Å². The van der Waals surface area contributed by atoms with E-state index in [2.05, 4.69) is 0 Å². The number of carbonyl (C=O) groups is 1. The first-order valence-electron chi connectivity index (χ1n) is 2.13. The first kappa shape index (κ1) is 7.78. The van der Waals surface area contributed by atoms with Crippen LogP contribution in [-0.2, 0) is 4.79 Å². The summed E-state index contributed by atoms with van der Waals surface area (Å²) in [6.45, 7) is 1.53. The third-order valence-corrected chi connectivity index (χ3v) is 1.52. The number of hydrogen-bond donors (Lipinski definition) is 2. The molecule has 1 unspecified atom stereocenters. The zero-order valence-electron chi connectivity index (χ0n) is 4.50. The van der Waals surface area contributed by atoms with E-state index in [0.29, 0.717) is 0 Å². The Balaban J connectivity index is 3.32. The molecule has 0 saturated heterocycles. The summed E-state index contributed by atoms with van der Waals surface area (Å²) in [7, 11) is 0. The number of aliphatic carboxylic acids is 1. The monoisotopic (exact) mass is 136 g/mol. The van der Waals surface area contributed by atoms with Gasteiger partial charge in [-0.1, -0.05) is 0 Å².